The average Bonchev–Trinajstić information content (AvgIpc) is 3.49. The van der Waals surface area contributed by atoms with Crippen LogP contribution in [0.4, 0.5) is 10.1 Å². The maximum absolute atomic E-state index is 14.0. The normalized spacial score (nSPS) is 14.3. The van der Waals surface area contributed by atoms with E-state index in [4.69, 9.17) is 4.74 Å². The molecule has 2 amide bonds. The smallest absolute Gasteiger partial charge is 0.264 e. The summed E-state index contributed by atoms with van der Waals surface area (Å²) < 4.78 is 48.7. The fourth-order valence-electron chi connectivity index (χ4n) is 4.90. The first-order valence-electron chi connectivity index (χ1n) is 13.9. The lowest BCUT2D eigenvalue weighted by Crippen LogP contribution is -2.52. The van der Waals surface area contributed by atoms with Crippen LogP contribution in [-0.2, 0) is 26.2 Å². The van der Waals surface area contributed by atoms with Crippen molar-refractivity contribution in [2.75, 3.05) is 17.5 Å². The van der Waals surface area contributed by atoms with Crippen LogP contribution in [0.1, 0.15) is 45.1 Å². The number of nitrogens with zero attached hydrogens (tertiary/aromatic N) is 2. The molecule has 0 heterocycles. The average molecular weight is 661 g/mol. The zero-order valence-corrected chi connectivity index (χ0v) is 26.0. The van der Waals surface area contributed by atoms with Crippen LogP contribution in [-0.4, -0.2) is 50.4 Å². The summed E-state index contributed by atoms with van der Waals surface area (Å²) in [7, 11) is -4.19. The number of halogens is 2. The Morgan fingerprint density at radius 2 is 1.62 bits per heavy atom. The summed E-state index contributed by atoms with van der Waals surface area (Å²) in [5.74, 6) is -0.765. The van der Waals surface area contributed by atoms with E-state index in [1.54, 1.807) is 55.5 Å². The van der Waals surface area contributed by atoms with Crippen molar-refractivity contribution in [2.24, 2.45) is 0 Å². The van der Waals surface area contributed by atoms with Gasteiger partial charge in [0.05, 0.1) is 17.2 Å². The zero-order chi connectivity index (χ0) is 30.3. The van der Waals surface area contributed by atoms with Gasteiger partial charge in [-0.1, -0.05) is 40.9 Å². The third-order valence-corrected chi connectivity index (χ3v) is 9.57. The van der Waals surface area contributed by atoms with E-state index in [-0.39, 0.29) is 29.1 Å². The Morgan fingerprint density at radius 3 is 2.21 bits per heavy atom. The summed E-state index contributed by atoms with van der Waals surface area (Å²) in [4.78, 5) is 28.6. The van der Waals surface area contributed by atoms with Crippen molar-refractivity contribution < 1.29 is 27.1 Å². The molecule has 1 aliphatic carbocycles. The number of nitrogens with one attached hydrogen (secondary N) is 1. The maximum Gasteiger partial charge on any atom is 0.264 e. The van der Waals surface area contributed by atoms with Gasteiger partial charge in [-0.05, 0) is 92.9 Å². The molecule has 0 spiro atoms. The Hall–Kier alpha value is -3.44. The second kappa shape index (κ2) is 14.2. The molecular formula is C31H35BrFN3O5S. The van der Waals surface area contributed by atoms with E-state index >= 15 is 0 Å². The second-order valence-electron chi connectivity index (χ2n) is 10.2. The lowest BCUT2D eigenvalue weighted by molar-refractivity contribution is -0.139. The lowest BCUT2D eigenvalue weighted by atomic mass is 10.1. The molecule has 3 aromatic rings. The van der Waals surface area contributed by atoms with Crippen LogP contribution >= 0.6 is 15.9 Å². The molecule has 0 aliphatic heterocycles. The molecule has 1 fully saturated rings. The summed E-state index contributed by atoms with van der Waals surface area (Å²) >= 11 is 3.33. The molecule has 1 atom stereocenters. The molecule has 11 heteroatoms. The highest BCUT2D eigenvalue weighted by Gasteiger charge is 2.33. The van der Waals surface area contributed by atoms with Crippen molar-refractivity contribution in [2.45, 2.75) is 63.1 Å². The van der Waals surface area contributed by atoms with Crippen LogP contribution in [0.3, 0.4) is 0 Å². The van der Waals surface area contributed by atoms with Gasteiger partial charge in [-0.25, -0.2) is 12.8 Å². The largest absolute Gasteiger partial charge is 0.494 e. The van der Waals surface area contributed by atoms with Gasteiger partial charge in [-0.3, -0.25) is 13.9 Å². The molecule has 224 valence electrons. The number of carbonyl (C=O) groups excluding carboxylic acids is 2. The minimum absolute atomic E-state index is 0.00416. The number of anilines is 1. The molecule has 0 radical (unpaired) electrons. The molecule has 1 saturated carbocycles. The van der Waals surface area contributed by atoms with Gasteiger partial charge in [0, 0.05) is 17.1 Å². The highest BCUT2D eigenvalue weighted by Crippen LogP contribution is 2.27. The van der Waals surface area contributed by atoms with Crippen molar-refractivity contribution in [1.29, 1.82) is 0 Å². The van der Waals surface area contributed by atoms with Gasteiger partial charge in [0.1, 0.15) is 24.2 Å². The topological polar surface area (TPSA) is 96.0 Å². The quantitative estimate of drug-likeness (QED) is 0.271. The van der Waals surface area contributed by atoms with Crippen molar-refractivity contribution in [3.05, 3.63) is 88.6 Å². The summed E-state index contributed by atoms with van der Waals surface area (Å²) in [6, 6.07) is 17.4. The van der Waals surface area contributed by atoms with E-state index < -0.39 is 34.3 Å². The summed E-state index contributed by atoms with van der Waals surface area (Å²) in [5, 5.41) is 3.03. The Bertz CT molecular complexity index is 1460. The molecular weight excluding hydrogens is 625 g/mol. The van der Waals surface area contributed by atoms with Crippen LogP contribution in [0.2, 0.25) is 0 Å². The molecule has 3 aromatic carbocycles. The predicted molar refractivity (Wildman–Crippen MR) is 163 cm³/mol. The third-order valence-electron chi connectivity index (χ3n) is 7.25. The predicted octanol–water partition coefficient (Wildman–Crippen LogP) is 5.66. The minimum atomic E-state index is -4.19. The fraction of sp³-hybridized carbons (Fsp3) is 0.355. The molecule has 0 saturated heterocycles. The van der Waals surface area contributed by atoms with Crippen molar-refractivity contribution >= 4 is 43.5 Å². The van der Waals surface area contributed by atoms with E-state index in [2.05, 4.69) is 21.2 Å². The maximum atomic E-state index is 14.0. The van der Waals surface area contributed by atoms with E-state index in [9.17, 15) is 22.4 Å². The molecule has 42 heavy (non-hydrogen) atoms. The third kappa shape index (κ3) is 7.89. The van der Waals surface area contributed by atoms with Gasteiger partial charge in [-0.15, -0.1) is 0 Å². The van der Waals surface area contributed by atoms with Crippen LogP contribution in [0.25, 0.3) is 0 Å². The SMILES string of the molecule is CCOc1ccc(N(CC(=O)N(Cc2ccc(F)cc2)C(C)C(=O)NC2CCCC2)S(=O)(=O)c2ccc(Br)cc2)cc1. The zero-order valence-electron chi connectivity index (χ0n) is 23.6. The number of carbonyl (C=O) groups is 2. The summed E-state index contributed by atoms with van der Waals surface area (Å²) in [6.45, 7) is 3.34. The minimum Gasteiger partial charge on any atom is -0.494 e. The van der Waals surface area contributed by atoms with E-state index in [1.165, 1.54) is 29.2 Å². The summed E-state index contributed by atoms with van der Waals surface area (Å²) in [6.07, 6.45) is 3.81. The molecule has 0 aromatic heterocycles. The number of sulfonamides is 1. The number of hydrogen-bond acceptors (Lipinski definition) is 5. The first-order chi connectivity index (χ1) is 20.1. The van der Waals surface area contributed by atoms with Crippen LogP contribution in [0, 0.1) is 5.82 Å². The standard InChI is InChI=1S/C31H35BrFN3O5S/c1-3-41-28-16-14-27(15-17-28)36(42(39,40)29-18-10-24(32)11-19-29)21-30(37)35(20-23-8-12-25(33)13-9-23)22(2)31(38)34-26-6-4-5-7-26/h8-19,22,26H,3-7,20-21H2,1-2H3,(H,34,38). The fourth-order valence-corrected chi connectivity index (χ4v) is 6.58. The van der Waals surface area contributed by atoms with Crippen molar-refractivity contribution in [3.63, 3.8) is 0 Å². The first-order valence-corrected chi connectivity index (χ1v) is 16.2. The second-order valence-corrected chi connectivity index (χ2v) is 13.0. The summed E-state index contributed by atoms with van der Waals surface area (Å²) in [5.41, 5.74) is 0.869. The van der Waals surface area contributed by atoms with Crippen LogP contribution in [0.5, 0.6) is 5.75 Å². The first kappa shape index (κ1) is 31.5. The Balaban J connectivity index is 1.68. The lowest BCUT2D eigenvalue weighted by Gasteiger charge is -2.32. The number of amides is 2. The van der Waals surface area contributed by atoms with Gasteiger partial charge in [0.15, 0.2) is 0 Å². The molecule has 8 nitrogen and oxygen atoms in total. The van der Waals surface area contributed by atoms with Gasteiger partial charge in [0.2, 0.25) is 11.8 Å². The van der Waals surface area contributed by atoms with E-state index in [0.29, 0.717) is 22.4 Å². The van der Waals surface area contributed by atoms with Crippen LogP contribution < -0.4 is 14.4 Å². The van der Waals surface area contributed by atoms with Gasteiger partial charge in [-0.2, -0.15) is 0 Å². The highest BCUT2D eigenvalue weighted by molar-refractivity contribution is 9.10. The van der Waals surface area contributed by atoms with E-state index in [0.717, 1.165) is 30.0 Å². The van der Waals surface area contributed by atoms with Gasteiger partial charge in [0.25, 0.3) is 10.0 Å². The van der Waals surface area contributed by atoms with Crippen molar-refractivity contribution in [3.8, 4) is 5.75 Å². The molecule has 1 unspecified atom stereocenters. The number of ether oxygens (including phenoxy) is 1. The number of benzene rings is 3. The Labute approximate surface area is 255 Å². The molecule has 1 aliphatic rings. The Kier molecular flexibility index (Phi) is 10.6. The van der Waals surface area contributed by atoms with Crippen LogP contribution in [0.15, 0.2) is 82.2 Å². The molecule has 0 bridgehead atoms. The highest BCUT2D eigenvalue weighted by atomic mass is 79.9. The van der Waals surface area contributed by atoms with E-state index in [1.807, 2.05) is 6.92 Å². The molecule has 1 N–H and O–H groups in total. The molecule has 4 rings (SSSR count). The number of hydrogen-bond donors (Lipinski definition) is 1. The van der Waals surface area contributed by atoms with Crippen molar-refractivity contribution in [1.82, 2.24) is 10.2 Å². The Morgan fingerprint density at radius 1 is 1.00 bits per heavy atom. The van der Waals surface area contributed by atoms with Gasteiger partial charge >= 0.3 is 0 Å². The monoisotopic (exact) mass is 659 g/mol. The number of rotatable bonds is 12. The van der Waals surface area contributed by atoms with Gasteiger partial charge < -0.3 is 15.0 Å².